The van der Waals surface area contributed by atoms with Gasteiger partial charge in [-0.05, 0) is 37.7 Å². The number of methoxy groups -OCH3 is 1. The molecule has 0 spiro atoms. The predicted octanol–water partition coefficient (Wildman–Crippen LogP) is 3.86. The number of benzene rings is 2. The van der Waals surface area contributed by atoms with E-state index < -0.39 is 0 Å². The van der Waals surface area contributed by atoms with Gasteiger partial charge >= 0.3 is 0 Å². The Labute approximate surface area is 158 Å². The lowest BCUT2D eigenvalue weighted by atomic mass is 10.1. The van der Waals surface area contributed by atoms with Crippen molar-refractivity contribution in [1.82, 2.24) is 9.80 Å². The average molecular weight is 405 g/mol. The van der Waals surface area contributed by atoms with Crippen LogP contribution in [0.1, 0.15) is 16.7 Å². The highest BCUT2D eigenvalue weighted by atomic mass is 79.9. The molecule has 0 aliphatic heterocycles. The zero-order valence-corrected chi connectivity index (χ0v) is 16.8. The van der Waals surface area contributed by atoms with Crippen LogP contribution < -0.4 is 4.74 Å². The molecule has 0 aliphatic rings. The highest BCUT2D eigenvalue weighted by molar-refractivity contribution is 9.10. The molecular formula is C20H25BrN2O2. The molecule has 0 N–H and O–H groups in total. The number of hydrogen-bond donors (Lipinski definition) is 0. The van der Waals surface area contributed by atoms with Crippen LogP contribution in [0.5, 0.6) is 5.75 Å². The summed E-state index contributed by atoms with van der Waals surface area (Å²) in [6, 6.07) is 14.2. The van der Waals surface area contributed by atoms with E-state index in [9.17, 15) is 4.79 Å². The Bertz CT molecular complexity index is 716. The van der Waals surface area contributed by atoms with Crippen molar-refractivity contribution in [2.45, 2.75) is 20.0 Å². The second kappa shape index (κ2) is 9.02. The van der Waals surface area contributed by atoms with Crippen LogP contribution in [0, 0.1) is 6.92 Å². The van der Waals surface area contributed by atoms with Gasteiger partial charge in [0.25, 0.3) is 0 Å². The molecule has 1 amide bonds. The summed E-state index contributed by atoms with van der Waals surface area (Å²) in [5, 5.41) is 0. The van der Waals surface area contributed by atoms with Gasteiger partial charge in [0, 0.05) is 30.2 Å². The number of rotatable bonds is 7. The maximum absolute atomic E-state index is 12.5. The standard InChI is InChI=1S/C20H25BrN2O2/c1-15-5-7-16(8-6-15)12-23(3)20(24)14-22(2)13-17-11-18(21)9-10-19(17)25-4/h5-11H,12-14H2,1-4H3. The first-order valence-electron chi connectivity index (χ1n) is 8.19. The van der Waals surface area contributed by atoms with E-state index >= 15 is 0 Å². The molecule has 0 fully saturated rings. The Morgan fingerprint density at radius 2 is 1.76 bits per heavy atom. The summed E-state index contributed by atoms with van der Waals surface area (Å²) in [4.78, 5) is 16.2. The van der Waals surface area contributed by atoms with Crippen molar-refractivity contribution in [3.05, 3.63) is 63.6 Å². The summed E-state index contributed by atoms with van der Waals surface area (Å²) in [6.07, 6.45) is 0. The Morgan fingerprint density at radius 3 is 2.40 bits per heavy atom. The van der Waals surface area contributed by atoms with Gasteiger partial charge in [-0.1, -0.05) is 45.8 Å². The van der Waals surface area contributed by atoms with Crippen molar-refractivity contribution in [3.63, 3.8) is 0 Å². The monoisotopic (exact) mass is 404 g/mol. The summed E-state index contributed by atoms with van der Waals surface area (Å²) in [6.45, 7) is 3.68. The molecule has 2 rings (SSSR count). The predicted molar refractivity (Wildman–Crippen MR) is 105 cm³/mol. The van der Waals surface area contributed by atoms with Gasteiger partial charge in [-0.15, -0.1) is 0 Å². The molecule has 2 aromatic carbocycles. The van der Waals surface area contributed by atoms with E-state index in [0.29, 0.717) is 19.6 Å². The molecule has 0 unspecified atom stereocenters. The van der Waals surface area contributed by atoms with Crippen LogP contribution in [0.4, 0.5) is 0 Å². The zero-order valence-electron chi connectivity index (χ0n) is 15.3. The van der Waals surface area contributed by atoms with Gasteiger partial charge in [-0.3, -0.25) is 9.69 Å². The Morgan fingerprint density at radius 1 is 1.08 bits per heavy atom. The Kier molecular flexibility index (Phi) is 7.02. The number of amides is 1. The lowest BCUT2D eigenvalue weighted by Crippen LogP contribution is -2.36. The van der Waals surface area contributed by atoms with E-state index in [4.69, 9.17) is 4.74 Å². The van der Waals surface area contributed by atoms with Gasteiger partial charge in [-0.2, -0.15) is 0 Å². The fourth-order valence-corrected chi connectivity index (χ4v) is 3.03. The van der Waals surface area contributed by atoms with Crippen LogP contribution in [0.3, 0.4) is 0 Å². The lowest BCUT2D eigenvalue weighted by molar-refractivity contribution is -0.131. The van der Waals surface area contributed by atoms with Gasteiger partial charge in [0.2, 0.25) is 5.91 Å². The van der Waals surface area contributed by atoms with Crippen molar-refractivity contribution in [2.75, 3.05) is 27.7 Å². The second-order valence-corrected chi connectivity index (χ2v) is 7.28. The number of hydrogen-bond acceptors (Lipinski definition) is 3. The van der Waals surface area contributed by atoms with Gasteiger partial charge in [0.15, 0.2) is 0 Å². The number of halogens is 1. The van der Waals surface area contributed by atoms with Crippen molar-refractivity contribution in [3.8, 4) is 5.75 Å². The third-order valence-corrected chi connectivity index (χ3v) is 4.55. The van der Waals surface area contributed by atoms with E-state index in [1.807, 2.05) is 37.2 Å². The first-order chi connectivity index (χ1) is 11.9. The lowest BCUT2D eigenvalue weighted by Gasteiger charge is -2.23. The summed E-state index contributed by atoms with van der Waals surface area (Å²) < 4.78 is 6.40. The maximum Gasteiger partial charge on any atom is 0.236 e. The molecule has 0 aliphatic carbocycles. The molecule has 0 radical (unpaired) electrons. The van der Waals surface area contributed by atoms with E-state index in [2.05, 4.69) is 47.1 Å². The number of aryl methyl sites for hydroxylation is 1. The molecule has 5 heteroatoms. The highest BCUT2D eigenvalue weighted by Gasteiger charge is 2.14. The van der Waals surface area contributed by atoms with Crippen molar-refractivity contribution in [1.29, 1.82) is 0 Å². The molecular weight excluding hydrogens is 380 g/mol. The SMILES string of the molecule is COc1ccc(Br)cc1CN(C)CC(=O)N(C)Cc1ccc(C)cc1. The first kappa shape index (κ1) is 19.5. The smallest absolute Gasteiger partial charge is 0.236 e. The fraction of sp³-hybridized carbons (Fsp3) is 0.350. The van der Waals surface area contributed by atoms with Crippen molar-refractivity contribution >= 4 is 21.8 Å². The summed E-state index contributed by atoms with van der Waals surface area (Å²) >= 11 is 3.48. The summed E-state index contributed by atoms with van der Waals surface area (Å²) in [7, 11) is 5.45. The van der Waals surface area contributed by atoms with Crippen LogP contribution >= 0.6 is 15.9 Å². The van der Waals surface area contributed by atoms with Crippen LogP contribution in [0.25, 0.3) is 0 Å². The molecule has 0 saturated heterocycles. The molecule has 2 aromatic rings. The number of carbonyl (C=O) groups excluding carboxylic acids is 1. The number of ether oxygens (including phenoxy) is 1. The molecule has 25 heavy (non-hydrogen) atoms. The molecule has 4 nitrogen and oxygen atoms in total. The largest absolute Gasteiger partial charge is 0.496 e. The van der Waals surface area contributed by atoms with Crippen LogP contribution in [0.15, 0.2) is 46.9 Å². The molecule has 0 aromatic heterocycles. The molecule has 134 valence electrons. The summed E-state index contributed by atoms with van der Waals surface area (Å²) in [5.74, 6) is 0.924. The van der Waals surface area contributed by atoms with E-state index in [-0.39, 0.29) is 5.91 Å². The van der Waals surface area contributed by atoms with Gasteiger partial charge < -0.3 is 9.64 Å². The Hall–Kier alpha value is -1.85. The summed E-state index contributed by atoms with van der Waals surface area (Å²) in [5.41, 5.74) is 3.41. The topological polar surface area (TPSA) is 32.8 Å². The highest BCUT2D eigenvalue weighted by Crippen LogP contribution is 2.24. The minimum absolute atomic E-state index is 0.0945. The Balaban J connectivity index is 1.93. The van der Waals surface area contributed by atoms with Crippen molar-refractivity contribution < 1.29 is 9.53 Å². The molecule has 0 saturated carbocycles. The van der Waals surface area contributed by atoms with Crippen LogP contribution in [-0.4, -0.2) is 43.5 Å². The number of carbonyl (C=O) groups is 1. The van der Waals surface area contributed by atoms with E-state index in [0.717, 1.165) is 21.3 Å². The van der Waals surface area contributed by atoms with Crippen LogP contribution in [-0.2, 0) is 17.9 Å². The van der Waals surface area contributed by atoms with Crippen LogP contribution in [0.2, 0.25) is 0 Å². The maximum atomic E-state index is 12.5. The third kappa shape index (κ3) is 5.87. The van der Waals surface area contributed by atoms with Crippen molar-refractivity contribution in [2.24, 2.45) is 0 Å². The molecule has 0 heterocycles. The molecule has 0 atom stereocenters. The van der Waals surface area contributed by atoms with Gasteiger partial charge in [-0.25, -0.2) is 0 Å². The minimum atomic E-state index is 0.0945. The number of likely N-dealkylation sites (N-methyl/N-ethyl adjacent to an activating group) is 2. The second-order valence-electron chi connectivity index (χ2n) is 6.36. The van der Waals surface area contributed by atoms with Gasteiger partial charge in [0.1, 0.15) is 5.75 Å². The first-order valence-corrected chi connectivity index (χ1v) is 8.99. The quantitative estimate of drug-likeness (QED) is 0.702. The molecule has 0 bridgehead atoms. The van der Waals surface area contributed by atoms with E-state index in [1.165, 1.54) is 5.56 Å². The number of nitrogens with zero attached hydrogens (tertiary/aromatic N) is 2. The minimum Gasteiger partial charge on any atom is -0.496 e. The average Bonchev–Trinajstić information content (AvgIpc) is 2.57. The zero-order chi connectivity index (χ0) is 18.4. The van der Waals surface area contributed by atoms with Gasteiger partial charge in [0.05, 0.1) is 13.7 Å². The fourth-order valence-electron chi connectivity index (χ4n) is 2.62. The van der Waals surface area contributed by atoms with E-state index in [1.54, 1.807) is 12.0 Å². The normalized spacial score (nSPS) is 10.8. The third-order valence-electron chi connectivity index (χ3n) is 4.05.